The van der Waals surface area contributed by atoms with Gasteiger partial charge < -0.3 is 9.79 Å². The molecular formula is C7H5F12O4P. The van der Waals surface area contributed by atoms with Crippen molar-refractivity contribution in [1.82, 2.24) is 0 Å². The molecule has 0 heterocycles. The standard InChI is InChI=1S/C7H5F12O4P/c1-2(8,9)3(10,11)4(12,13)5(14,15)6(16,17)7(18,19)23-24(20,21)22/h1H3,(H2,20,21,22). The predicted molar refractivity (Wildman–Crippen MR) is 48.5 cm³/mol. The van der Waals surface area contributed by atoms with Crippen molar-refractivity contribution in [2.75, 3.05) is 0 Å². The van der Waals surface area contributed by atoms with Crippen LogP contribution >= 0.6 is 7.82 Å². The van der Waals surface area contributed by atoms with Crippen LogP contribution in [-0.2, 0) is 9.09 Å². The largest absolute Gasteiger partial charge is 0.474 e. The molecule has 0 saturated heterocycles. The van der Waals surface area contributed by atoms with Crippen molar-refractivity contribution in [2.45, 2.75) is 42.6 Å². The fourth-order valence-electron chi connectivity index (χ4n) is 1.06. The molecule has 0 aromatic heterocycles. The van der Waals surface area contributed by atoms with Crippen LogP contribution in [0.4, 0.5) is 52.7 Å². The van der Waals surface area contributed by atoms with Crippen LogP contribution in [0.5, 0.6) is 0 Å². The van der Waals surface area contributed by atoms with Gasteiger partial charge in [-0.1, -0.05) is 0 Å². The molecule has 0 rings (SSSR count). The maximum absolute atomic E-state index is 12.9. The zero-order valence-corrected chi connectivity index (χ0v) is 11.6. The quantitative estimate of drug-likeness (QED) is 0.492. The molecule has 0 aliphatic heterocycles. The Balaban J connectivity index is 6.25. The fraction of sp³-hybridized carbons (Fsp3) is 1.00. The monoisotopic (exact) mass is 412 g/mol. The van der Waals surface area contributed by atoms with Crippen molar-refractivity contribution in [1.29, 1.82) is 0 Å². The van der Waals surface area contributed by atoms with Crippen LogP contribution in [0.25, 0.3) is 0 Å². The maximum Gasteiger partial charge on any atom is 0.474 e. The molecule has 0 aliphatic rings. The first-order valence-corrected chi connectivity index (χ1v) is 6.52. The number of phosphoric acid groups is 1. The zero-order chi connectivity index (χ0) is 20.2. The molecule has 24 heavy (non-hydrogen) atoms. The second kappa shape index (κ2) is 5.64. The summed E-state index contributed by atoms with van der Waals surface area (Å²) in [5.41, 5.74) is 0. The van der Waals surface area contributed by atoms with E-state index in [-0.39, 0.29) is 0 Å². The smallest absolute Gasteiger partial charge is 0.303 e. The number of hydrogen-bond donors (Lipinski definition) is 2. The molecule has 0 bridgehead atoms. The lowest BCUT2D eigenvalue weighted by atomic mass is 9.94. The molecule has 0 aromatic rings. The first-order chi connectivity index (χ1) is 9.96. The van der Waals surface area contributed by atoms with E-state index < -0.39 is 50.5 Å². The summed E-state index contributed by atoms with van der Waals surface area (Å²) in [6.45, 7) is -1.08. The van der Waals surface area contributed by atoms with E-state index in [0.29, 0.717) is 0 Å². The highest BCUT2D eigenvalue weighted by Gasteiger charge is 2.90. The SMILES string of the molecule is CC(F)(F)C(F)(F)C(F)(F)C(F)(F)C(F)(F)C(F)(F)OP(=O)(O)O. The third-order valence-electron chi connectivity index (χ3n) is 2.33. The predicted octanol–water partition coefficient (Wildman–Crippen LogP) is 3.88. The van der Waals surface area contributed by atoms with Gasteiger partial charge in [0.15, 0.2) is 0 Å². The molecule has 0 amide bonds. The lowest BCUT2D eigenvalue weighted by molar-refractivity contribution is -0.446. The molecule has 0 radical (unpaired) electrons. The van der Waals surface area contributed by atoms with Crippen molar-refractivity contribution < 1.29 is 71.6 Å². The molecule has 0 spiro atoms. The summed E-state index contributed by atoms with van der Waals surface area (Å²) in [7, 11) is -6.72. The van der Waals surface area contributed by atoms with Gasteiger partial charge in [-0.15, -0.1) is 0 Å². The van der Waals surface area contributed by atoms with Crippen LogP contribution in [0.1, 0.15) is 6.92 Å². The summed E-state index contributed by atoms with van der Waals surface area (Å²) in [6.07, 6.45) is -7.14. The summed E-state index contributed by atoms with van der Waals surface area (Å²) in [5.74, 6) is -36.8. The lowest BCUT2D eigenvalue weighted by Gasteiger charge is -2.40. The number of phosphoric ester groups is 1. The topological polar surface area (TPSA) is 66.8 Å². The molecule has 0 atom stereocenters. The van der Waals surface area contributed by atoms with Crippen LogP contribution in [0.15, 0.2) is 0 Å². The molecule has 146 valence electrons. The van der Waals surface area contributed by atoms with Gasteiger partial charge in [-0.05, 0) is 0 Å². The Kier molecular flexibility index (Phi) is 5.47. The number of hydrogen-bond acceptors (Lipinski definition) is 2. The summed E-state index contributed by atoms with van der Waals surface area (Å²) in [6, 6.07) is 0. The van der Waals surface area contributed by atoms with Gasteiger partial charge in [-0.2, -0.15) is 52.7 Å². The first-order valence-electron chi connectivity index (χ1n) is 4.99. The van der Waals surface area contributed by atoms with Gasteiger partial charge in [-0.25, -0.2) is 9.09 Å². The second-order valence-corrected chi connectivity index (χ2v) is 5.45. The van der Waals surface area contributed by atoms with E-state index in [0.717, 1.165) is 0 Å². The van der Waals surface area contributed by atoms with Crippen LogP contribution in [0.3, 0.4) is 0 Å². The minimum atomic E-state index is -7.93. The molecular weight excluding hydrogens is 407 g/mol. The van der Waals surface area contributed by atoms with Crippen molar-refractivity contribution >= 4 is 7.82 Å². The van der Waals surface area contributed by atoms with E-state index in [1.807, 2.05) is 4.52 Å². The Bertz CT molecular complexity index is 520. The second-order valence-electron chi connectivity index (χ2n) is 4.28. The Morgan fingerprint density at radius 1 is 0.667 bits per heavy atom. The van der Waals surface area contributed by atoms with Crippen molar-refractivity contribution in [3.8, 4) is 0 Å². The molecule has 0 saturated carbocycles. The number of rotatable bonds is 7. The molecule has 4 nitrogen and oxygen atoms in total. The Morgan fingerprint density at radius 2 is 0.958 bits per heavy atom. The summed E-state index contributed by atoms with van der Waals surface area (Å²) < 4.78 is 165. The number of halogens is 12. The normalized spacial score (nSPS) is 16.5. The van der Waals surface area contributed by atoms with E-state index in [9.17, 15) is 57.3 Å². The van der Waals surface area contributed by atoms with Gasteiger partial charge in [-0.3, -0.25) is 0 Å². The Hall–Kier alpha value is -0.730. The fourth-order valence-corrected chi connectivity index (χ4v) is 1.47. The maximum atomic E-state index is 12.9. The highest BCUT2D eigenvalue weighted by Crippen LogP contribution is 2.61. The molecule has 17 heteroatoms. The summed E-state index contributed by atoms with van der Waals surface area (Å²) in [4.78, 5) is 15.7. The van der Waals surface area contributed by atoms with Crippen molar-refractivity contribution in [2.24, 2.45) is 0 Å². The Labute approximate surface area is 123 Å². The molecule has 0 aliphatic carbocycles. The lowest BCUT2D eigenvalue weighted by Crippen LogP contribution is -2.70. The third kappa shape index (κ3) is 3.46. The molecule has 0 aromatic carbocycles. The van der Waals surface area contributed by atoms with E-state index in [4.69, 9.17) is 9.79 Å². The average Bonchev–Trinajstić information content (AvgIpc) is 2.22. The zero-order valence-electron chi connectivity index (χ0n) is 10.7. The molecule has 0 fully saturated rings. The third-order valence-corrected chi connectivity index (χ3v) is 2.80. The summed E-state index contributed by atoms with van der Waals surface area (Å²) in [5, 5.41) is 0. The van der Waals surface area contributed by atoms with E-state index >= 15 is 0 Å². The van der Waals surface area contributed by atoms with Crippen LogP contribution in [0, 0.1) is 0 Å². The Morgan fingerprint density at radius 3 is 1.21 bits per heavy atom. The first kappa shape index (κ1) is 23.3. The van der Waals surface area contributed by atoms with Crippen LogP contribution in [0.2, 0.25) is 0 Å². The van der Waals surface area contributed by atoms with Crippen molar-refractivity contribution in [3.63, 3.8) is 0 Å². The van der Waals surface area contributed by atoms with E-state index in [1.54, 1.807) is 0 Å². The van der Waals surface area contributed by atoms with E-state index in [2.05, 4.69) is 0 Å². The minimum absolute atomic E-state index is 1.08. The van der Waals surface area contributed by atoms with Gasteiger partial charge in [0.25, 0.3) is 0 Å². The highest BCUT2D eigenvalue weighted by molar-refractivity contribution is 7.46. The van der Waals surface area contributed by atoms with Gasteiger partial charge in [0.2, 0.25) is 0 Å². The van der Waals surface area contributed by atoms with Gasteiger partial charge in [0.1, 0.15) is 0 Å². The van der Waals surface area contributed by atoms with Crippen molar-refractivity contribution in [3.05, 3.63) is 0 Å². The van der Waals surface area contributed by atoms with E-state index in [1.165, 1.54) is 0 Å². The number of alkyl halides is 12. The highest BCUT2D eigenvalue weighted by atomic mass is 31.2. The van der Waals surface area contributed by atoms with Gasteiger partial charge in [0, 0.05) is 6.92 Å². The van der Waals surface area contributed by atoms with Crippen LogP contribution < -0.4 is 0 Å². The molecule has 2 N–H and O–H groups in total. The van der Waals surface area contributed by atoms with Gasteiger partial charge >= 0.3 is 43.5 Å². The summed E-state index contributed by atoms with van der Waals surface area (Å²) >= 11 is 0. The van der Waals surface area contributed by atoms with Crippen LogP contribution in [-0.4, -0.2) is 45.5 Å². The molecule has 0 unspecified atom stereocenters. The van der Waals surface area contributed by atoms with Gasteiger partial charge in [0.05, 0.1) is 0 Å². The minimum Gasteiger partial charge on any atom is -0.303 e. The average molecular weight is 412 g/mol.